The number of urea groups is 1. The van der Waals surface area contributed by atoms with Crippen molar-refractivity contribution >= 4 is 33.8 Å². The van der Waals surface area contributed by atoms with Crippen LogP contribution in [-0.4, -0.2) is 73.5 Å². The number of rotatable bonds is 14. The van der Waals surface area contributed by atoms with Gasteiger partial charge in [-0.3, -0.25) is 9.59 Å². The van der Waals surface area contributed by atoms with E-state index >= 15 is 0 Å². The zero-order valence-corrected chi connectivity index (χ0v) is 22.4. The van der Waals surface area contributed by atoms with Crippen LogP contribution >= 0.6 is 0 Å². The number of guanidine groups is 1. The highest BCUT2D eigenvalue weighted by Crippen LogP contribution is 2.31. The van der Waals surface area contributed by atoms with Crippen molar-refractivity contribution in [2.75, 3.05) is 25.4 Å². The number of sulfonamides is 1. The Morgan fingerprint density at radius 1 is 1.21 bits per heavy atom. The number of unbranched alkanes of at least 4 members (excludes halogenated alkanes) is 2. The highest BCUT2D eigenvalue weighted by atomic mass is 32.2. The van der Waals surface area contributed by atoms with E-state index in [0.29, 0.717) is 42.3 Å². The zero-order chi connectivity index (χ0) is 28.0. The summed E-state index contributed by atoms with van der Waals surface area (Å²) >= 11 is 0. The first-order valence-electron chi connectivity index (χ1n) is 12.5. The fraction of sp³-hybridized carbons (Fsp3) is 0.583. The smallest absolute Gasteiger partial charge is 0.334 e. The molecule has 0 aromatic heterocycles. The molecule has 1 saturated carbocycles. The maximum Gasteiger partial charge on any atom is 0.334 e. The number of amides is 4. The van der Waals surface area contributed by atoms with Crippen LogP contribution in [0.15, 0.2) is 23.2 Å². The van der Waals surface area contributed by atoms with Gasteiger partial charge in [0.2, 0.25) is 10.0 Å². The molecular formula is C24H35FN6O6S. The summed E-state index contributed by atoms with van der Waals surface area (Å²) in [6.45, 7) is 3.43. The third-order valence-corrected chi connectivity index (χ3v) is 7.82. The molecule has 3 rings (SSSR count). The molecule has 2 fully saturated rings. The molecule has 1 aliphatic heterocycles. The number of nitrogens with two attached hydrogens (primary N) is 2. The Bertz CT molecular complexity index is 1180. The largest absolute Gasteiger partial charge is 0.490 e. The highest BCUT2D eigenvalue weighted by molar-refractivity contribution is 7.89. The maximum absolute atomic E-state index is 14.0. The average molecular weight is 555 g/mol. The number of halogens is 1. The van der Waals surface area contributed by atoms with Gasteiger partial charge in [-0.15, -0.1) is 0 Å². The molecule has 2 atom stereocenters. The van der Waals surface area contributed by atoms with Gasteiger partial charge in [-0.25, -0.2) is 27.3 Å². The van der Waals surface area contributed by atoms with E-state index in [1.54, 1.807) is 6.92 Å². The minimum atomic E-state index is -3.63. The van der Waals surface area contributed by atoms with E-state index in [4.69, 9.17) is 16.2 Å². The van der Waals surface area contributed by atoms with Crippen molar-refractivity contribution in [3.05, 3.63) is 29.6 Å². The lowest BCUT2D eigenvalue weighted by atomic mass is 10.1. The predicted octanol–water partition coefficient (Wildman–Crippen LogP) is 1.22. The standard InChI is InChI=1S/C24H35FN6O6S/c1-15(18-8-9-19(25)20(12-18)37-14-17-6-7-17)29-38(35,36)11-5-3-4-10-30-13-21(32)31(24(30)34)22(33)16(2)28-23(26)27/h8-9,12,15-17,29H,3-7,10-11,13-14H2,1-2H3,(H4,26,27,28)/t15-,16-/m1/s1. The zero-order valence-electron chi connectivity index (χ0n) is 21.6. The number of aliphatic imine (C=N–C) groups is 1. The predicted molar refractivity (Wildman–Crippen MR) is 138 cm³/mol. The van der Waals surface area contributed by atoms with Gasteiger partial charge in [-0.05, 0) is 63.1 Å². The van der Waals surface area contributed by atoms with E-state index in [2.05, 4.69) is 9.71 Å². The monoisotopic (exact) mass is 554 g/mol. The van der Waals surface area contributed by atoms with Crippen LogP contribution in [0.3, 0.4) is 0 Å². The summed E-state index contributed by atoms with van der Waals surface area (Å²) in [6, 6.07) is 1.90. The number of imide groups is 3. The number of benzene rings is 1. The summed E-state index contributed by atoms with van der Waals surface area (Å²) in [6.07, 6.45) is 3.38. The molecule has 38 heavy (non-hydrogen) atoms. The number of hydrogen-bond donors (Lipinski definition) is 3. The number of ether oxygens (including phenoxy) is 1. The van der Waals surface area contributed by atoms with Gasteiger partial charge in [0.1, 0.15) is 12.6 Å². The normalized spacial score (nSPS) is 17.4. The minimum Gasteiger partial charge on any atom is -0.490 e. The van der Waals surface area contributed by atoms with Crippen molar-refractivity contribution in [1.82, 2.24) is 14.5 Å². The molecule has 210 valence electrons. The van der Waals surface area contributed by atoms with Gasteiger partial charge in [0.15, 0.2) is 17.5 Å². The lowest BCUT2D eigenvalue weighted by Gasteiger charge is -2.18. The molecule has 0 bridgehead atoms. The molecular weight excluding hydrogens is 519 g/mol. The van der Waals surface area contributed by atoms with Crippen LogP contribution in [0, 0.1) is 11.7 Å². The highest BCUT2D eigenvalue weighted by Gasteiger charge is 2.41. The Hall–Kier alpha value is -3.26. The van der Waals surface area contributed by atoms with Gasteiger partial charge >= 0.3 is 6.03 Å². The molecule has 1 aliphatic carbocycles. The molecule has 1 heterocycles. The van der Waals surface area contributed by atoms with Crippen LogP contribution in [0.4, 0.5) is 9.18 Å². The van der Waals surface area contributed by atoms with Gasteiger partial charge in [0.25, 0.3) is 11.8 Å². The van der Waals surface area contributed by atoms with E-state index in [9.17, 15) is 27.2 Å². The van der Waals surface area contributed by atoms with Crippen molar-refractivity contribution in [1.29, 1.82) is 0 Å². The summed E-state index contributed by atoms with van der Waals surface area (Å²) in [5.41, 5.74) is 11.1. The van der Waals surface area contributed by atoms with E-state index in [1.807, 2.05) is 0 Å². The quantitative estimate of drug-likeness (QED) is 0.133. The van der Waals surface area contributed by atoms with E-state index in [1.165, 1.54) is 30.0 Å². The lowest BCUT2D eigenvalue weighted by Crippen LogP contribution is -2.43. The van der Waals surface area contributed by atoms with Crippen molar-refractivity contribution < 1.29 is 31.9 Å². The molecule has 0 radical (unpaired) electrons. The molecule has 0 unspecified atom stereocenters. The van der Waals surface area contributed by atoms with E-state index in [-0.39, 0.29) is 30.6 Å². The van der Waals surface area contributed by atoms with E-state index in [0.717, 1.165) is 12.8 Å². The topological polar surface area (TPSA) is 177 Å². The number of nitrogens with one attached hydrogen (secondary N) is 1. The first-order valence-corrected chi connectivity index (χ1v) is 14.2. The number of hydrogen-bond acceptors (Lipinski definition) is 7. The summed E-state index contributed by atoms with van der Waals surface area (Å²) in [4.78, 5) is 42.5. The first-order chi connectivity index (χ1) is 17.9. The average Bonchev–Trinajstić information content (AvgIpc) is 3.61. The van der Waals surface area contributed by atoms with Gasteiger partial charge in [0.05, 0.1) is 12.4 Å². The third kappa shape index (κ3) is 8.12. The molecule has 4 amide bonds. The van der Waals surface area contributed by atoms with Crippen LogP contribution in [0.1, 0.15) is 57.6 Å². The molecule has 1 saturated heterocycles. The SMILES string of the molecule is C[C@@H](N=C(N)N)C(=O)N1C(=O)CN(CCCCCS(=O)(=O)N[C@H](C)c2ccc(F)c(OCC3CC3)c2)C1=O. The van der Waals surface area contributed by atoms with Crippen molar-refractivity contribution in [3.63, 3.8) is 0 Å². The van der Waals surface area contributed by atoms with E-state index < -0.39 is 45.8 Å². The molecule has 2 aliphatic rings. The van der Waals surface area contributed by atoms with Crippen LogP contribution < -0.4 is 20.9 Å². The summed E-state index contributed by atoms with van der Waals surface area (Å²) in [5.74, 6) is -1.87. The second-order valence-electron chi connectivity index (χ2n) is 9.66. The molecule has 12 nitrogen and oxygen atoms in total. The molecule has 14 heteroatoms. The number of carbonyl (C=O) groups excluding carboxylic acids is 3. The maximum atomic E-state index is 14.0. The molecule has 1 aromatic carbocycles. The lowest BCUT2D eigenvalue weighted by molar-refractivity contribution is -0.138. The van der Waals surface area contributed by atoms with Crippen molar-refractivity contribution in [2.24, 2.45) is 22.4 Å². The summed E-state index contributed by atoms with van der Waals surface area (Å²) in [7, 11) is -3.63. The summed E-state index contributed by atoms with van der Waals surface area (Å²) in [5, 5.41) is 0. The van der Waals surface area contributed by atoms with Gasteiger partial charge in [-0.2, -0.15) is 4.90 Å². The van der Waals surface area contributed by atoms with Crippen LogP contribution in [0.25, 0.3) is 0 Å². The fourth-order valence-electron chi connectivity index (χ4n) is 3.97. The Morgan fingerprint density at radius 3 is 2.58 bits per heavy atom. The number of nitrogens with zero attached hydrogens (tertiary/aromatic N) is 3. The second-order valence-corrected chi connectivity index (χ2v) is 11.5. The van der Waals surface area contributed by atoms with Gasteiger partial charge in [-0.1, -0.05) is 12.5 Å². The van der Waals surface area contributed by atoms with Gasteiger partial charge < -0.3 is 21.1 Å². The Balaban J connectivity index is 1.42. The second kappa shape index (κ2) is 12.5. The Kier molecular flexibility index (Phi) is 9.66. The summed E-state index contributed by atoms with van der Waals surface area (Å²) < 4.78 is 47.3. The number of carbonyl (C=O) groups is 3. The van der Waals surface area contributed by atoms with Crippen LogP contribution in [0.5, 0.6) is 5.75 Å². The van der Waals surface area contributed by atoms with Crippen molar-refractivity contribution in [3.8, 4) is 5.75 Å². The van der Waals surface area contributed by atoms with Crippen LogP contribution in [-0.2, 0) is 19.6 Å². The van der Waals surface area contributed by atoms with Crippen molar-refractivity contribution in [2.45, 2.75) is 58.0 Å². The molecule has 0 spiro atoms. The fourth-order valence-corrected chi connectivity index (χ4v) is 5.34. The minimum absolute atomic E-state index is 0.112. The Labute approximate surface area is 221 Å². The first kappa shape index (κ1) is 29.3. The molecule has 5 N–H and O–H groups in total. The van der Waals surface area contributed by atoms with Gasteiger partial charge in [0, 0.05) is 12.6 Å². The van der Waals surface area contributed by atoms with Crippen LogP contribution in [0.2, 0.25) is 0 Å². The Morgan fingerprint density at radius 2 is 1.92 bits per heavy atom. The third-order valence-electron chi connectivity index (χ3n) is 6.28. The molecule has 1 aromatic rings.